The van der Waals surface area contributed by atoms with Gasteiger partial charge in [-0.3, -0.25) is 14.5 Å². The molecule has 3 rings (SSSR count). The van der Waals surface area contributed by atoms with Gasteiger partial charge in [-0.15, -0.1) is 0 Å². The number of anilines is 1. The predicted octanol–water partition coefficient (Wildman–Crippen LogP) is 5.63. The third-order valence-electron chi connectivity index (χ3n) is 4.57. The number of rotatable bonds is 8. The van der Waals surface area contributed by atoms with Crippen LogP contribution in [0.5, 0.6) is 11.5 Å². The van der Waals surface area contributed by atoms with Crippen LogP contribution in [0.25, 0.3) is 6.08 Å². The number of thioether (sulfide) groups is 1. The van der Waals surface area contributed by atoms with Crippen LogP contribution in [0.1, 0.15) is 18.4 Å². The Balaban J connectivity index is 1.57. The second-order valence-electron chi connectivity index (χ2n) is 6.73. The van der Waals surface area contributed by atoms with E-state index in [4.69, 9.17) is 44.9 Å². The number of thiocarbonyl (C=S) groups is 1. The van der Waals surface area contributed by atoms with E-state index in [2.05, 4.69) is 5.32 Å². The molecule has 0 saturated carbocycles. The number of nitrogens with one attached hydrogen (secondary N) is 1. The smallest absolute Gasteiger partial charge is 0.266 e. The summed E-state index contributed by atoms with van der Waals surface area (Å²) in [6.07, 6.45) is 2.45. The topological polar surface area (TPSA) is 67.9 Å². The highest BCUT2D eigenvalue weighted by atomic mass is 35.5. The van der Waals surface area contributed by atoms with Gasteiger partial charge in [0.1, 0.15) is 4.32 Å². The summed E-state index contributed by atoms with van der Waals surface area (Å²) < 4.78 is 11.0. The standard InChI is InChI=1S/C22H20Cl2N2O4S2/c1-29-17-8-5-13(10-18(17)30-2)11-19-21(28)26(22(31)32-19)9-3-4-20(27)25-14-6-7-15(23)16(24)12-14/h5-8,10-12H,3-4,9H2,1-2H3,(H,25,27). The van der Waals surface area contributed by atoms with Gasteiger partial charge in [0.05, 0.1) is 29.2 Å². The van der Waals surface area contributed by atoms with Crippen molar-refractivity contribution in [2.75, 3.05) is 26.1 Å². The van der Waals surface area contributed by atoms with Crippen LogP contribution in [0.3, 0.4) is 0 Å². The highest BCUT2D eigenvalue weighted by molar-refractivity contribution is 8.26. The van der Waals surface area contributed by atoms with Gasteiger partial charge < -0.3 is 14.8 Å². The third kappa shape index (κ3) is 5.95. The Bertz CT molecular complexity index is 1090. The van der Waals surface area contributed by atoms with Crippen LogP contribution < -0.4 is 14.8 Å². The average Bonchev–Trinajstić information content (AvgIpc) is 3.03. The van der Waals surface area contributed by atoms with Crippen LogP contribution in [0, 0.1) is 0 Å². The first-order valence-electron chi connectivity index (χ1n) is 9.54. The van der Waals surface area contributed by atoms with Gasteiger partial charge >= 0.3 is 0 Å². The van der Waals surface area contributed by atoms with E-state index >= 15 is 0 Å². The summed E-state index contributed by atoms with van der Waals surface area (Å²) in [7, 11) is 3.12. The van der Waals surface area contributed by atoms with E-state index in [0.29, 0.717) is 49.4 Å². The normalized spacial score (nSPS) is 14.8. The minimum absolute atomic E-state index is 0.181. The van der Waals surface area contributed by atoms with E-state index < -0.39 is 0 Å². The Kier molecular flexibility index (Phi) is 8.42. The summed E-state index contributed by atoms with van der Waals surface area (Å²) in [5.74, 6) is 0.815. The van der Waals surface area contributed by atoms with Gasteiger partial charge in [-0.25, -0.2) is 0 Å². The quantitative estimate of drug-likeness (QED) is 0.366. The number of hydrogen-bond donors (Lipinski definition) is 1. The molecule has 2 aromatic carbocycles. The molecule has 1 aliphatic rings. The molecule has 2 amide bonds. The first-order chi connectivity index (χ1) is 15.3. The molecule has 0 aromatic heterocycles. The van der Waals surface area contributed by atoms with E-state index in [-0.39, 0.29) is 18.2 Å². The monoisotopic (exact) mass is 510 g/mol. The lowest BCUT2D eigenvalue weighted by molar-refractivity contribution is -0.122. The molecule has 0 atom stereocenters. The molecule has 1 fully saturated rings. The number of halogens is 2. The zero-order valence-electron chi connectivity index (χ0n) is 17.3. The molecule has 0 unspecified atom stereocenters. The summed E-state index contributed by atoms with van der Waals surface area (Å²) in [5.41, 5.74) is 1.36. The average molecular weight is 511 g/mol. The van der Waals surface area contributed by atoms with Crippen molar-refractivity contribution in [3.63, 3.8) is 0 Å². The van der Waals surface area contributed by atoms with E-state index in [1.807, 2.05) is 6.07 Å². The minimum Gasteiger partial charge on any atom is -0.493 e. The Morgan fingerprint density at radius 2 is 1.88 bits per heavy atom. The molecular formula is C22H20Cl2N2O4S2. The molecule has 10 heteroatoms. The van der Waals surface area contributed by atoms with Crippen molar-refractivity contribution in [2.24, 2.45) is 0 Å². The molecule has 168 valence electrons. The maximum absolute atomic E-state index is 12.8. The van der Waals surface area contributed by atoms with Crippen molar-refractivity contribution < 1.29 is 19.1 Å². The van der Waals surface area contributed by atoms with Gasteiger partial charge in [0.15, 0.2) is 11.5 Å². The van der Waals surface area contributed by atoms with Gasteiger partial charge in [0, 0.05) is 18.7 Å². The summed E-state index contributed by atoms with van der Waals surface area (Å²) >= 11 is 18.4. The van der Waals surface area contributed by atoms with Gasteiger partial charge in [-0.1, -0.05) is 53.2 Å². The van der Waals surface area contributed by atoms with Crippen LogP contribution in [-0.2, 0) is 9.59 Å². The molecule has 2 aromatic rings. The number of methoxy groups -OCH3 is 2. The highest BCUT2D eigenvalue weighted by Gasteiger charge is 2.31. The number of amides is 2. The van der Waals surface area contributed by atoms with Crippen molar-refractivity contribution in [3.05, 3.63) is 56.9 Å². The lowest BCUT2D eigenvalue weighted by atomic mass is 10.2. The van der Waals surface area contributed by atoms with Gasteiger partial charge in [-0.2, -0.15) is 0 Å². The van der Waals surface area contributed by atoms with E-state index in [0.717, 1.165) is 5.56 Å². The van der Waals surface area contributed by atoms with Crippen molar-refractivity contribution in [2.45, 2.75) is 12.8 Å². The number of hydrogen-bond acceptors (Lipinski definition) is 6. The van der Waals surface area contributed by atoms with E-state index in [1.54, 1.807) is 50.6 Å². The molecule has 32 heavy (non-hydrogen) atoms. The first kappa shape index (κ1) is 24.4. The van der Waals surface area contributed by atoms with Crippen LogP contribution in [-0.4, -0.2) is 41.8 Å². The molecule has 1 heterocycles. The van der Waals surface area contributed by atoms with Crippen molar-refractivity contribution >= 4 is 75.1 Å². The zero-order chi connectivity index (χ0) is 23.3. The number of benzene rings is 2. The Morgan fingerprint density at radius 3 is 2.56 bits per heavy atom. The Morgan fingerprint density at radius 1 is 1.12 bits per heavy atom. The largest absolute Gasteiger partial charge is 0.493 e. The van der Waals surface area contributed by atoms with Crippen LogP contribution in [0.4, 0.5) is 5.69 Å². The number of ether oxygens (including phenoxy) is 2. The second kappa shape index (κ2) is 11.0. The summed E-state index contributed by atoms with van der Waals surface area (Å²) in [5, 5.41) is 3.54. The SMILES string of the molecule is COc1ccc(C=C2SC(=S)N(CCCC(=O)Nc3ccc(Cl)c(Cl)c3)C2=O)cc1OC. The summed E-state index contributed by atoms with van der Waals surface area (Å²) in [6, 6.07) is 10.3. The maximum atomic E-state index is 12.8. The molecular weight excluding hydrogens is 491 g/mol. The van der Waals surface area contributed by atoms with Crippen LogP contribution >= 0.6 is 47.2 Å². The number of nitrogens with zero attached hydrogens (tertiary/aromatic N) is 1. The van der Waals surface area contributed by atoms with Crippen molar-refractivity contribution in [3.8, 4) is 11.5 Å². The molecule has 0 spiro atoms. The molecule has 1 N–H and O–H groups in total. The molecule has 0 radical (unpaired) electrons. The lowest BCUT2D eigenvalue weighted by Gasteiger charge is -2.14. The second-order valence-corrected chi connectivity index (χ2v) is 9.22. The van der Waals surface area contributed by atoms with Gasteiger partial charge in [-0.05, 0) is 48.4 Å². The highest BCUT2D eigenvalue weighted by Crippen LogP contribution is 2.35. The summed E-state index contributed by atoms with van der Waals surface area (Å²) in [6.45, 7) is 0.350. The van der Waals surface area contributed by atoms with Crippen molar-refractivity contribution in [1.29, 1.82) is 0 Å². The van der Waals surface area contributed by atoms with Crippen LogP contribution in [0.15, 0.2) is 41.3 Å². The third-order valence-corrected chi connectivity index (χ3v) is 6.68. The zero-order valence-corrected chi connectivity index (χ0v) is 20.5. The number of carbonyl (C=O) groups excluding carboxylic acids is 2. The predicted molar refractivity (Wildman–Crippen MR) is 134 cm³/mol. The molecule has 1 aliphatic heterocycles. The van der Waals surface area contributed by atoms with Crippen LogP contribution in [0.2, 0.25) is 10.0 Å². The van der Waals surface area contributed by atoms with E-state index in [1.165, 1.54) is 16.7 Å². The molecule has 6 nitrogen and oxygen atoms in total. The molecule has 0 aliphatic carbocycles. The van der Waals surface area contributed by atoms with E-state index in [9.17, 15) is 9.59 Å². The van der Waals surface area contributed by atoms with Gasteiger partial charge in [0.25, 0.3) is 5.91 Å². The lowest BCUT2D eigenvalue weighted by Crippen LogP contribution is -2.29. The van der Waals surface area contributed by atoms with Gasteiger partial charge in [0.2, 0.25) is 5.91 Å². The number of carbonyl (C=O) groups is 2. The first-order valence-corrected chi connectivity index (χ1v) is 11.5. The maximum Gasteiger partial charge on any atom is 0.266 e. The Labute approximate surface area is 205 Å². The fourth-order valence-corrected chi connectivity index (χ4v) is 4.59. The fraction of sp³-hybridized carbons (Fsp3) is 0.227. The Hall–Kier alpha value is -2.26. The fourth-order valence-electron chi connectivity index (χ4n) is 2.98. The minimum atomic E-state index is -0.185. The summed E-state index contributed by atoms with van der Waals surface area (Å²) in [4.78, 5) is 27.0. The van der Waals surface area contributed by atoms with Crippen molar-refractivity contribution in [1.82, 2.24) is 4.90 Å². The molecule has 0 bridgehead atoms. The molecule has 1 saturated heterocycles.